The van der Waals surface area contributed by atoms with Crippen LogP contribution in [0.4, 0.5) is 5.69 Å². The lowest BCUT2D eigenvalue weighted by molar-refractivity contribution is -0.116. The summed E-state index contributed by atoms with van der Waals surface area (Å²) in [5, 5.41) is 3.06. The number of halogens is 1. The number of rotatable bonds is 7. The fourth-order valence-corrected chi connectivity index (χ4v) is 3.26. The number of carbonyl (C=O) groups excluding carboxylic acids is 1. The van der Waals surface area contributed by atoms with E-state index in [4.69, 9.17) is 9.47 Å². The van der Waals surface area contributed by atoms with Crippen LogP contribution >= 0.6 is 15.9 Å². The molecule has 0 saturated heterocycles. The summed E-state index contributed by atoms with van der Waals surface area (Å²) in [5.41, 5.74) is 4.18. The van der Waals surface area contributed by atoms with Gasteiger partial charge in [-0.3, -0.25) is 4.79 Å². The van der Waals surface area contributed by atoms with Crippen LogP contribution < -0.4 is 14.8 Å². The molecule has 0 bridgehead atoms. The third kappa shape index (κ3) is 4.75. The molecule has 0 heterocycles. The van der Waals surface area contributed by atoms with E-state index in [0.717, 1.165) is 33.3 Å². The SMILES string of the molecule is CCc1cccc(C)c1NC(=O)CCc1cc(OC)c(OC)cc1Br. The molecule has 5 heteroatoms. The minimum absolute atomic E-state index is 0.00526. The van der Waals surface area contributed by atoms with Crippen LogP contribution in [0.3, 0.4) is 0 Å². The Morgan fingerprint density at radius 3 is 2.44 bits per heavy atom. The van der Waals surface area contributed by atoms with Crippen LogP contribution in [0.25, 0.3) is 0 Å². The Hall–Kier alpha value is -2.01. The van der Waals surface area contributed by atoms with E-state index in [1.807, 2.05) is 37.3 Å². The summed E-state index contributed by atoms with van der Waals surface area (Å²) in [7, 11) is 3.21. The summed E-state index contributed by atoms with van der Waals surface area (Å²) >= 11 is 3.54. The Morgan fingerprint density at radius 1 is 1.12 bits per heavy atom. The van der Waals surface area contributed by atoms with Gasteiger partial charge in [-0.25, -0.2) is 0 Å². The summed E-state index contributed by atoms with van der Waals surface area (Å²) in [5.74, 6) is 1.33. The smallest absolute Gasteiger partial charge is 0.224 e. The molecule has 134 valence electrons. The number of methoxy groups -OCH3 is 2. The molecule has 2 aromatic rings. The van der Waals surface area contributed by atoms with Gasteiger partial charge in [0.15, 0.2) is 11.5 Å². The summed E-state index contributed by atoms with van der Waals surface area (Å²) in [6, 6.07) is 9.85. The van der Waals surface area contributed by atoms with Crippen molar-refractivity contribution < 1.29 is 14.3 Å². The van der Waals surface area contributed by atoms with Gasteiger partial charge in [-0.05, 0) is 48.6 Å². The second kappa shape index (κ2) is 8.90. The Balaban J connectivity index is 2.08. The zero-order valence-corrected chi connectivity index (χ0v) is 16.7. The molecule has 25 heavy (non-hydrogen) atoms. The fraction of sp³-hybridized carbons (Fsp3) is 0.350. The number of ether oxygens (including phenoxy) is 2. The molecule has 0 fully saturated rings. The number of nitrogens with one attached hydrogen (secondary N) is 1. The van der Waals surface area contributed by atoms with Crippen molar-refractivity contribution >= 4 is 27.5 Å². The number of aryl methyl sites for hydroxylation is 3. The predicted octanol–water partition coefficient (Wildman–Crippen LogP) is 4.91. The number of hydrogen-bond acceptors (Lipinski definition) is 3. The van der Waals surface area contributed by atoms with Crippen LogP contribution in [0.1, 0.15) is 30.0 Å². The molecule has 2 aromatic carbocycles. The van der Waals surface area contributed by atoms with E-state index in [-0.39, 0.29) is 5.91 Å². The molecule has 0 aliphatic heterocycles. The number of hydrogen-bond donors (Lipinski definition) is 1. The van der Waals surface area contributed by atoms with Crippen LogP contribution in [-0.4, -0.2) is 20.1 Å². The van der Waals surface area contributed by atoms with Gasteiger partial charge in [-0.15, -0.1) is 0 Å². The third-order valence-electron chi connectivity index (χ3n) is 4.18. The standard InChI is InChI=1S/C20H24BrNO3/c1-5-14-8-6-7-13(2)20(14)22-19(23)10-9-15-11-17(24-3)18(25-4)12-16(15)21/h6-8,11-12H,5,9-10H2,1-4H3,(H,22,23). The second-order valence-electron chi connectivity index (χ2n) is 5.81. The molecule has 1 amide bonds. The molecule has 4 nitrogen and oxygen atoms in total. The van der Waals surface area contributed by atoms with E-state index < -0.39 is 0 Å². The molecule has 0 radical (unpaired) electrons. The number of benzene rings is 2. The highest BCUT2D eigenvalue weighted by Crippen LogP contribution is 2.34. The van der Waals surface area contributed by atoms with Crippen LogP contribution in [-0.2, 0) is 17.6 Å². The van der Waals surface area contributed by atoms with Crippen molar-refractivity contribution in [3.8, 4) is 11.5 Å². The number of carbonyl (C=O) groups is 1. The molecular weight excluding hydrogens is 382 g/mol. The maximum Gasteiger partial charge on any atom is 0.224 e. The molecule has 2 rings (SSSR count). The lowest BCUT2D eigenvalue weighted by atomic mass is 10.0. The first kappa shape index (κ1) is 19.3. The van der Waals surface area contributed by atoms with Crippen molar-refractivity contribution in [1.29, 1.82) is 0 Å². The normalized spacial score (nSPS) is 10.4. The van der Waals surface area contributed by atoms with Crippen molar-refractivity contribution in [1.82, 2.24) is 0 Å². The second-order valence-corrected chi connectivity index (χ2v) is 6.66. The van der Waals surface area contributed by atoms with Crippen molar-refractivity contribution in [3.05, 3.63) is 51.5 Å². The van der Waals surface area contributed by atoms with E-state index in [1.54, 1.807) is 14.2 Å². The topological polar surface area (TPSA) is 47.6 Å². The fourth-order valence-electron chi connectivity index (χ4n) is 2.74. The third-order valence-corrected chi connectivity index (χ3v) is 4.92. The Morgan fingerprint density at radius 2 is 1.80 bits per heavy atom. The molecule has 0 unspecified atom stereocenters. The van der Waals surface area contributed by atoms with Crippen molar-refractivity contribution in [3.63, 3.8) is 0 Å². The number of anilines is 1. The Labute approximate surface area is 157 Å². The van der Waals surface area contributed by atoms with Gasteiger partial charge in [-0.1, -0.05) is 41.1 Å². The van der Waals surface area contributed by atoms with Crippen molar-refractivity contribution in [2.24, 2.45) is 0 Å². The van der Waals surface area contributed by atoms with Crippen LogP contribution in [0.2, 0.25) is 0 Å². The van der Waals surface area contributed by atoms with Gasteiger partial charge in [0.05, 0.1) is 14.2 Å². The molecular formula is C20H24BrNO3. The number of amides is 1. The lowest BCUT2D eigenvalue weighted by Gasteiger charge is -2.14. The van der Waals surface area contributed by atoms with E-state index in [0.29, 0.717) is 24.3 Å². The van der Waals surface area contributed by atoms with Gasteiger partial charge in [0.2, 0.25) is 5.91 Å². The highest BCUT2D eigenvalue weighted by atomic mass is 79.9. The van der Waals surface area contributed by atoms with Crippen molar-refractivity contribution in [2.45, 2.75) is 33.1 Å². The molecule has 1 N–H and O–H groups in total. The first-order chi connectivity index (χ1) is 12.0. The molecule has 0 saturated carbocycles. The van der Waals surface area contributed by atoms with Crippen LogP contribution in [0, 0.1) is 6.92 Å². The van der Waals surface area contributed by atoms with Crippen LogP contribution in [0.15, 0.2) is 34.8 Å². The zero-order chi connectivity index (χ0) is 18.4. The van der Waals surface area contributed by atoms with Gasteiger partial charge < -0.3 is 14.8 Å². The summed E-state index contributed by atoms with van der Waals surface area (Å²) in [4.78, 5) is 12.4. The zero-order valence-electron chi connectivity index (χ0n) is 15.1. The van der Waals surface area contributed by atoms with Gasteiger partial charge in [0.25, 0.3) is 0 Å². The van der Waals surface area contributed by atoms with E-state index in [2.05, 4.69) is 28.2 Å². The molecule has 0 spiro atoms. The highest BCUT2D eigenvalue weighted by molar-refractivity contribution is 9.10. The Kier molecular flexibility index (Phi) is 6.88. The van der Waals surface area contributed by atoms with E-state index in [1.165, 1.54) is 0 Å². The molecule has 0 aliphatic rings. The quantitative estimate of drug-likeness (QED) is 0.711. The van der Waals surface area contributed by atoms with E-state index >= 15 is 0 Å². The van der Waals surface area contributed by atoms with Gasteiger partial charge >= 0.3 is 0 Å². The highest BCUT2D eigenvalue weighted by Gasteiger charge is 2.13. The summed E-state index contributed by atoms with van der Waals surface area (Å²) < 4.78 is 11.5. The molecule has 0 aromatic heterocycles. The minimum atomic E-state index is 0.00526. The first-order valence-electron chi connectivity index (χ1n) is 8.28. The van der Waals surface area contributed by atoms with E-state index in [9.17, 15) is 4.79 Å². The molecule has 0 aliphatic carbocycles. The summed E-state index contributed by atoms with van der Waals surface area (Å²) in [6.45, 7) is 4.10. The number of para-hydroxylation sites is 1. The Bertz CT molecular complexity index is 759. The van der Waals surface area contributed by atoms with Gasteiger partial charge in [0, 0.05) is 16.6 Å². The van der Waals surface area contributed by atoms with Gasteiger partial charge in [0.1, 0.15) is 0 Å². The molecule has 0 atom stereocenters. The predicted molar refractivity (Wildman–Crippen MR) is 105 cm³/mol. The summed E-state index contributed by atoms with van der Waals surface area (Å²) in [6.07, 6.45) is 1.89. The van der Waals surface area contributed by atoms with Gasteiger partial charge in [-0.2, -0.15) is 0 Å². The average molecular weight is 406 g/mol. The average Bonchev–Trinajstić information content (AvgIpc) is 2.61. The maximum absolute atomic E-state index is 12.4. The maximum atomic E-state index is 12.4. The largest absolute Gasteiger partial charge is 0.493 e. The first-order valence-corrected chi connectivity index (χ1v) is 9.08. The minimum Gasteiger partial charge on any atom is -0.493 e. The van der Waals surface area contributed by atoms with Crippen molar-refractivity contribution in [2.75, 3.05) is 19.5 Å². The van der Waals surface area contributed by atoms with Crippen LogP contribution in [0.5, 0.6) is 11.5 Å². The monoisotopic (exact) mass is 405 g/mol. The lowest BCUT2D eigenvalue weighted by Crippen LogP contribution is -2.14.